The molecule has 6 nitrogen and oxygen atoms in total. The molecule has 26 heavy (non-hydrogen) atoms. The molecule has 3 rings (SSSR count). The first-order valence-electron chi connectivity index (χ1n) is 8.19. The second-order valence-electron chi connectivity index (χ2n) is 5.55. The summed E-state index contributed by atoms with van der Waals surface area (Å²) in [6.45, 7) is 2.10. The highest BCUT2D eigenvalue weighted by atomic mass is 32.2. The summed E-state index contributed by atoms with van der Waals surface area (Å²) in [5.41, 5.74) is 2.63. The van der Waals surface area contributed by atoms with Crippen molar-refractivity contribution in [2.75, 3.05) is 5.75 Å². The number of nitrogens with zero attached hydrogens (tertiary/aromatic N) is 2. The molecule has 0 saturated carbocycles. The minimum Gasteiger partial charge on any atom is -0.292 e. The number of thioether (sulfide) groups is 1. The largest absolute Gasteiger partial charge is 0.292 e. The van der Waals surface area contributed by atoms with E-state index in [9.17, 15) is 9.59 Å². The smallest absolute Gasteiger partial charge is 0.257 e. The maximum Gasteiger partial charge on any atom is 0.257 e. The van der Waals surface area contributed by atoms with E-state index in [0.717, 1.165) is 12.0 Å². The molecule has 132 valence electrons. The van der Waals surface area contributed by atoms with Gasteiger partial charge in [0.25, 0.3) is 5.91 Å². The summed E-state index contributed by atoms with van der Waals surface area (Å²) >= 11 is 1.17. The average molecular weight is 366 g/mol. The van der Waals surface area contributed by atoms with E-state index in [4.69, 9.17) is 0 Å². The van der Waals surface area contributed by atoms with Crippen LogP contribution in [-0.2, 0) is 11.2 Å². The fourth-order valence-electron chi connectivity index (χ4n) is 2.29. The van der Waals surface area contributed by atoms with E-state index in [-0.39, 0.29) is 11.7 Å². The van der Waals surface area contributed by atoms with Gasteiger partial charge >= 0.3 is 0 Å². The Balaban J connectivity index is 1.54. The second kappa shape index (κ2) is 8.44. The summed E-state index contributed by atoms with van der Waals surface area (Å²) in [7, 11) is 0. The molecule has 2 N–H and O–H groups in total. The molecule has 0 bridgehead atoms. The van der Waals surface area contributed by atoms with E-state index < -0.39 is 5.91 Å². The molecule has 0 aliphatic carbocycles. The number of hydrogen-bond acceptors (Lipinski definition) is 5. The van der Waals surface area contributed by atoms with Crippen LogP contribution in [-0.4, -0.2) is 32.7 Å². The Hall–Kier alpha value is -2.93. The number of carbonyl (C=O) groups is 2. The number of aryl methyl sites for hydroxylation is 1. The van der Waals surface area contributed by atoms with Crippen LogP contribution in [0.3, 0.4) is 0 Å². The molecule has 0 aliphatic rings. The first-order valence-corrected chi connectivity index (χ1v) is 9.18. The standard InChI is InChI=1S/C19H18N4O2S/c1-2-13-8-10-14(11-9-13)17-21-19(23-22-17)26-12-16(24)20-18(25)15-6-4-3-5-7-15/h3-11H,2,12H2,1H3,(H,20,24,25)(H,21,22,23). The zero-order valence-electron chi connectivity index (χ0n) is 14.2. The molecule has 0 radical (unpaired) electrons. The highest BCUT2D eigenvalue weighted by Crippen LogP contribution is 2.19. The van der Waals surface area contributed by atoms with Crippen molar-refractivity contribution < 1.29 is 9.59 Å². The normalized spacial score (nSPS) is 10.5. The van der Waals surface area contributed by atoms with Gasteiger partial charge in [0.15, 0.2) is 5.82 Å². The Bertz CT molecular complexity index is 891. The number of nitrogens with one attached hydrogen (secondary N) is 2. The van der Waals surface area contributed by atoms with Crippen molar-refractivity contribution in [3.63, 3.8) is 0 Å². The first kappa shape index (κ1) is 17.9. The maximum atomic E-state index is 11.9. The van der Waals surface area contributed by atoms with Crippen LogP contribution < -0.4 is 5.32 Å². The molecule has 2 aromatic carbocycles. The first-order chi connectivity index (χ1) is 12.7. The third-order valence-electron chi connectivity index (χ3n) is 3.72. The Morgan fingerprint density at radius 1 is 1.08 bits per heavy atom. The van der Waals surface area contributed by atoms with Gasteiger partial charge in [-0.1, -0.05) is 61.2 Å². The van der Waals surface area contributed by atoms with Crippen molar-refractivity contribution in [3.8, 4) is 11.4 Å². The van der Waals surface area contributed by atoms with Crippen molar-refractivity contribution in [3.05, 3.63) is 65.7 Å². The molecule has 0 saturated heterocycles. The summed E-state index contributed by atoms with van der Waals surface area (Å²) in [5.74, 6) is -0.0914. The van der Waals surface area contributed by atoms with Gasteiger partial charge in [-0.25, -0.2) is 4.98 Å². The van der Waals surface area contributed by atoms with Crippen molar-refractivity contribution in [1.82, 2.24) is 20.5 Å². The van der Waals surface area contributed by atoms with Gasteiger partial charge in [-0.15, -0.1) is 5.10 Å². The minimum absolute atomic E-state index is 0.0602. The average Bonchev–Trinajstić information content (AvgIpc) is 3.16. The van der Waals surface area contributed by atoms with Gasteiger partial charge in [0, 0.05) is 11.1 Å². The molecule has 0 spiro atoms. The molecule has 1 aromatic heterocycles. The lowest BCUT2D eigenvalue weighted by molar-refractivity contribution is -0.117. The molecule has 2 amide bonds. The lowest BCUT2D eigenvalue weighted by atomic mass is 10.1. The van der Waals surface area contributed by atoms with Gasteiger partial charge in [0.1, 0.15) is 0 Å². The molecule has 0 atom stereocenters. The van der Waals surface area contributed by atoms with Gasteiger partial charge in [-0.05, 0) is 24.1 Å². The van der Waals surface area contributed by atoms with Gasteiger partial charge in [-0.2, -0.15) is 0 Å². The van der Waals surface area contributed by atoms with E-state index in [1.165, 1.54) is 17.3 Å². The van der Waals surface area contributed by atoms with Crippen molar-refractivity contribution >= 4 is 23.6 Å². The third-order valence-corrected chi connectivity index (χ3v) is 4.57. The van der Waals surface area contributed by atoms with E-state index in [1.807, 2.05) is 30.3 Å². The predicted molar refractivity (Wildman–Crippen MR) is 101 cm³/mol. The van der Waals surface area contributed by atoms with Crippen LogP contribution in [0.4, 0.5) is 0 Å². The zero-order chi connectivity index (χ0) is 18.4. The SMILES string of the molecule is CCc1ccc(-c2nc(SCC(=O)NC(=O)c3ccccc3)n[nH]2)cc1. The van der Waals surface area contributed by atoms with Crippen molar-refractivity contribution in [1.29, 1.82) is 0 Å². The van der Waals surface area contributed by atoms with Crippen LogP contribution in [0.5, 0.6) is 0 Å². The van der Waals surface area contributed by atoms with Crippen LogP contribution in [0.2, 0.25) is 0 Å². The zero-order valence-corrected chi connectivity index (χ0v) is 15.0. The quantitative estimate of drug-likeness (QED) is 0.655. The Morgan fingerprint density at radius 2 is 1.81 bits per heavy atom. The summed E-state index contributed by atoms with van der Waals surface area (Å²) in [5, 5.41) is 9.79. The summed E-state index contributed by atoms with van der Waals surface area (Å²) in [6, 6.07) is 16.7. The lowest BCUT2D eigenvalue weighted by Gasteiger charge is -2.02. The number of benzene rings is 2. The number of H-pyrrole nitrogens is 1. The van der Waals surface area contributed by atoms with Crippen LogP contribution in [0.15, 0.2) is 59.8 Å². The molecule has 0 unspecified atom stereocenters. The molecule has 1 heterocycles. The molecule has 0 aliphatic heterocycles. The Morgan fingerprint density at radius 3 is 2.50 bits per heavy atom. The van der Waals surface area contributed by atoms with E-state index in [2.05, 4.69) is 27.4 Å². The van der Waals surface area contributed by atoms with Gasteiger partial charge in [0.2, 0.25) is 11.1 Å². The van der Waals surface area contributed by atoms with Crippen LogP contribution in [0, 0.1) is 0 Å². The van der Waals surface area contributed by atoms with Gasteiger partial charge < -0.3 is 0 Å². The fourth-order valence-corrected chi connectivity index (χ4v) is 2.89. The monoisotopic (exact) mass is 366 g/mol. The number of aromatic nitrogens is 3. The fraction of sp³-hybridized carbons (Fsp3) is 0.158. The van der Waals surface area contributed by atoms with Crippen LogP contribution in [0.25, 0.3) is 11.4 Å². The maximum absolute atomic E-state index is 11.9. The number of aromatic amines is 1. The number of carbonyl (C=O) groups excluding carboxylic acids is 2. The molecule has 7 heteroatoms. The highest BCUT2D eigenvalue weighted by molar-refractivity contribution is 7.99. The Kier molecular flexibility index (Phi) is 5.80. The predicted octanol–water partition coefficient (Wildman–Crippen LogP) is 3.08. The van der Waals surface area contributed by atoms with Crippen molar-refractivity contribution in [2.45, 2.75) is 18.5 Å². The van der Waals surface area contributed by atoms with Gasteiger partial charge in [-0.3, -0.25) is 20.0 Å². The topological polar surface area (TPSA) is 87.7 Å². The summed E-state index contributed by atoms with van der Waals surface area (Å²) in [6.07, 6.45) is 0.981. The third kappa shape index (κ3) is 4.58. The lowest BCUT2D eigenvalue weighted by Crippen LogP contribution is -2.31. The number of imide groups is 1. The number of rotatable bonds is 6. The molecule has 3 aromatic rings. The minimum atomic E-state index is -0.414. The Labute approximate surface area is 155 Å². The van der Waals surface area contributed by atoms with E-state index in [0.29, 0.717) is 16.5 Å². The van der Waals surface area contributed by atoms with E-state index >= 15 is 0 Å². The molecule has 0 fully saturated rings. The summed E-state index contributed by atoms with van der Waals surface area (Å²) < 4.78 is 0. The molecular weight excluding hydrogens is 348 g/mol. The van der Waals surface area contributed by atoms with Crippen LogP contribution >= 0.6 is 11.8 Å². The number of amides is 2. The van der Waals surface area contributed by atoms with Crippen molar-refractivity contribution in [2.24, 2.45) is 0 Å². The van der Waals surface area contributed by atoms with E-state index in [1.54, 1.807) is 24.3 Å². The highest BCUT2D eigenvalue weighted by Gasteiger charge is 2.12. The van der Waals surface area contributed by atoms with Crippen LogP contribution in [0.1, 0.15) is 22.8 Å². The molecular formula is C19H18N4O2S. The second-order valence-corrected chi connectivity index (χ2v) is 6.49. The number of hydrogen-bond donors (Lipinski definition) is 2. The van der Waals surface area contributed by atoms with Gasteiger partial charge in [0.05, 0.1) is 5.75 Å². The summed E-state index contributed by atoms with van der Waals surface area (Å²) in [4.78, 5) is 28.2.